The molecular weight excluding hydrogens is 276 g/mol. The van der Waals surface area contributed by atoms with E-state index in [0.29, 0.717) is 5.56 Å². The maximum atomic E-state index is 11.7. The van der Waals surface area contributed by atoms with E-state index in [1.165, 1.54) is 7.05 Å². The van der Waals surface area contributed by atoms with Crippen LogP contribution in [-0.2, 0) is 7.05 Å². The highest BCUT2D eigenvalue weighted by molar-refractivity contribution is 5.94. The average molecular weight is 288 g/mol. The minimum Gasteiger partial charge on any atom is -0.494 e. The fourth-order valence-corrected chi connectivity index (χ4v) is 1.55. The third-order valence-corrected chi connectivity index (χ3v) is 2.72. The number of amides is 1. The molecule has 21 heavy (non-hydrogen) atoms. The van der Waals surface area contributed by atoms with Gasteiger partial charge in [-0.15, -0.1) is 0 Å². The second kappa shape index (κ2) is 5.87. The number of benzene rings is 1. The number of aromatic nitrogens is 2. The van der Waals surface area contributed by atoms with Crippen LogP contribution in [0.3, 0.4) is 0 Å². The van der Waals surface area contributed by atoms with Crippen molar-refractivity contribution in [2.24, 2.45) is 12.1 Å². The van der Waals surface area contributed by atoms with Crippen LogP contribution >= 0.6 is 0 Å². The number of carbonyl (C=O) groups excluding carboxylic acids is 1. The minimum absolute atomic E-state index is 0.231. The normalized spacial score (nSPS) is 10.7. The van der Waals surface area contributed by atoms with Crippen molar-refractivity contribution < 1.29 is 9.90 Å². The standard InChI is InChI=1S/C13H12N4O4/c1-17-12(20)9(11(19)15-13(17)21)7-14-16-10(18)8-5-3-2-4-6-8/h2-7,20H,1H3,(H,16,18)(H,15,19,21). The van der Waals surface area contributed by atoms with Crippen LogP contribution in [0.2, 0.25) is 0 Å². The Hall–Kier alpha value is -3.16. The number of hydrogen-bond acceptors (Lipinski definition) is 5. The Kier molecular flexibility index (Phi) is 3.98. The summed E-state index contributed by atoms with van der Waals surface area (Å²) >= 11 is 0. The molecule has 0 aliphatic carbocycles. The molecule has 1 amide bonds. The van der Waals surface area contributed by atoms with Gasteiger partial charge in [-0.1, -0.05) is 18.2 Å². The molecule has 0 fully saturated rings. The zero-order chi connectivity index (χ0) is 15.4. The molecule has 108 valence electrons. The number of nitrogens with zero attached hydrogens (tertiary/aromatic N) is 2. The first-order valence-corrected chi connectivity index (χ1v) is 5.91. The molecular formula is C13H12N4O4. The van der Waals surface area contributed by atoms with Gasteiger partial charge in [0.05, 0.1) is 6.21 Å². The van der Waals surface area contributed by atoms with Gasteiger partial charge in [0.2, 0.25) is 5.88 Å². The number of hydrazone groups is 1. The molecule has 8 heteroatoms. The van der Waals surface area contributed by atoms with E-state index < -0.39 is 23.0 Å². The van der Waals surface area contributed by atoms with Crippen molar-refractivity contribution in [3.63, 3.8) is 0 Å². The van der Waals surface area contributed by atoms with E-state index in [4.69, 9.17) is 0 Å². The van der Waals surface area contributed by atoms with Crippen LogP contribution in [0.1, 0.15) is 15.9 Å². The summed E-state index contributed by atoms with van der Waals surface area (Å²) in [5.41, 5.74) is 0.836. The molecule has 0 aliphatic rings. The molecule has 2 aromatic rings. The summed E-state index contributed by atoms with van der Waals surface area (Å²) < 4.78 is 0.849. The number of rotatable bonds is 3. The van der Waals surface area contributed by atoms with E-state index >= 15 is 0 Å². The largest absolute Gasteiger partial charge is 0.494 e. The predicted octanol–water partition coefficient (Wildman–Crippen LogP) is -0.457. The van der Waals surface area contributed by atoms with Crippen molar-refractivity contribution >= 4 is 12.1 Å². The Morgan fingerprint density at radius 1 is 1.33 bits per heavy atom. The van der Waals surface area contributed by atoms with Crippen LogP contribution in [0, 0.1) is 0 Å². The minimum atomic E-state index is -0.798. The second-order valence-electron chi connectivity index (χ2n) is 4.12. The van der Waals surface area contributed by atoms with Crippen LogP contribution in [0.15, 0.2) is 45.0 Å². The van der Waals surface area contributed by atoms with Gasteiger partial charge < -0.3 is 5.11 Å². The number of H-pyrrole nitrogens is 1. The summed E-state index contributed by atoms with van der Waals surface area (Å²) in [6, 6.07) is 8.36. The van der Waals surface area contributed by atoms with Gasteiger partial charge in [0.1, 0.15) is 5.56 Å². The van der Waals surface area contributed by atoms with Gasteiger partial charge in [-0.2, -0.15) is 5.10 Å². The molecule has 0 atom stereocenters. The van der Waals surface area contributed by atoms with Gasteiger partial charge in [-0.05, 0) is 12.1 Å². The van der Waals surface area contributed by atoms with E-state index in [9.17, 15) is 19.5 Å². The summed E-state index contributed by atoms with van der Waals surface area (Å²) in [6.45, 7) is 0. The highest BCUT2D eigenvalue weighted by atomic mass is 16.3. The zero-order valence-electron chi connectivity index (χ0n) is 11.0. The van der Waals surface area contributed by atoms with Crippen LogP contribution in [0.4, 0.5) is 0 Å². The monoisotopic (exact) mass is 288 g/mol. The van der Waals surface area contributed by atoms with Crippen molar-refractivity contribution in [2.75, 3.05) is 0 Å². The second-order valence-corrected chi connectivity index (χ2v) is 4.12. The summed E-state index contributed by atoms with van der Waals surface area (Å²) in [5, 5.41) is 13.3. The third kappa shape index (κ3) is 3.06. The van der Waals surface area contributed by atoms with Crippen LogP contribution < -0.4 is 16.7 Å². The van der Waals surface area contributed by atoms with Gasteiger partial charge in [-0.3, -0.25) is 19.1 Å². The molecule has 0 aliphatic heterocycles. The summed E-state index contributed by atoms with van der Waals surface area (Å²) in [4.78, 5) is 36.4. The van der Waals surface area contributed by atoms with E-state index in [0.717, 1.165) is 10.8 Å². The molecule has 0 saturated carbocycles. The third-order valence-electron chi connectivity index (χ3n) is 2.72. The smallest absolute Gasteiger partial charge is 0.330 e. The summed E-state index contributed by atoms with van der Waals surface area (Å²) in [5.74, 6) is -1.01. The first-order valence-electron chi connectivity index (χ1n) is 5.91. The summed E-state index contributed by atoms with van der Waals surface area (Å²) in [7, 11) is 1.29. The van der Waals surface area contributed by atoms with Crippen molar-refractivity contribution in [1.82, 2.24) is 15.0 Å². The number of nitrogens with one attached hydrogen (secondary N) is 2. The number of aromatic hydroxyl groups is 1. The van der Waals surface area contributed by atoms with E-state index in [1.54, 1.807) is 30.3 Å². The maximum absolute atomic E-state index is 11.7. The first kappa shape index (κ1) is 14.3. The lowest BCUT2D eigenvalue weighted by atomic mass is 10.2. The highest BCUT2D eigenvalue weighted by Gasteiger charge is 2.09. The van der Waals surface area contributed by atoms with Gasteiger partial charge in [0.15, 0.2) is 0 Å². The molecule has 3 N–H and O–H groups in total. The number of aromatic amines is 1. The van der Waals surface area contributed by atoms with Gasteiger partial charge in [-0.25, -0.2) is 10.2 Å². The molecule has 8 nitrogen and oxygen atoms in total. The van der Waals surface area contributed by atoms with Crippen molar-refractivity contribution in [3.05, 3.63) is 62.3 Å². The maximum Gasteiger partial charge on any atom is 0.330 e. The lowest BCUT2D eigenvalue weighted by molar-refractivity contribution is 0.0955. The average Bonchev–Trinajstić information content (AvgIpc) is 2.49. The Bertz CT molecular complexity index is 805. The van der Waals surface area contributed by atoms with Crippen molar-refractivity contribution in [2.45, 2.75) is 0 Å². The number of hydrogen-bond donors (Lipinski definition) is 3. The topological polar surface area (TPSA) is 117 Å². The van der Waals surface area contributed by atoms with Crippen LogP contribution in [-0.4, -0.2) is 26.8 Å². The van der Waals surface area contributed by atoms with Gasteiger partial charge >= 0.3 is 5.69 Å². The molecule has 0 saturated heterocycles. The number of carbonyl (C=O) groups is 1. The SMILES string of the molecule is Cn1c(O)c(C=NNC(=O)c2ccccc2)c(=O)[nH]c1=O. The lowest BCUT2D eigenvalue weighted by Gasteiger charge is -2.03. The Balaban J connectivity index is 2.20. The Morgan fingerprint density at radius 2 is 2.00 bits per heavy atom. The van der Waals surface area contributed by atoms with Crippen LogP contribution in [0.25, 0.3) is 0 Å². The molecule has 0 spiro atoms. The first-order chi connectivity index (χ1) is 10.0. The summed E-state index contributed by atoms with van der Waals surface area (Å²) in [6.07, 6.45) is 0.967. The Morgan fingerprint density at radius 3 is 2.67 bits per heavy atom. The lowest BCUT2D eigenvalue weighted by Crippen LogP contribution is -2.30. The van der Waals surface area contributed by atoms with Crippen molar-refractivity contribution in [1.29, 1.82) is 0 Å². The molecule has 1 aromatic carbocycles. The fraction of sp³-hybridized carbons (Fsp3) is 0.0769. The fourth-order valence-electron chi connectivity index (χ4n) is 1.55. The quantitative estimate of drug-likeness (QED) is 0.523. The van der Waals surface area contributed by atoms with Gasteiger partial charge in [0.25, 0.3) is 11.5 Å². The Labute approximate surface area is 118 Å². The molecule has 1 heterocycles. The van der Waals surface area contributed by atoms with Crippen molar-refractivity contribution in [3.8, 4) is 5.88 Å². The van der Waals surface area contributed by atoms with E-state index in [2.05, 4.69) is 10.5 Å². The van der Waals surface area contributed by atoms with E-state index in [-0.39, 0.29) is 5.56 Å². The molecule has 0 unspecified atom stereocenters. The van der Waals surface area contributed by atoms with Crippen LogP contribution in [0.5, 0.6) is 5.88 Å². The molecule has 0 bridgehead atoms. The van der Waals surface area contributed by atoms with Gasteiger partial charge in [0, 0.05) is 12.6 Å². The van der Waals surface area contributed by atoms with E-state index in [1.807, 2.05) is 4.98 Å². The zero-order valence-corrected chi connectivity index (χ0v) is 11.0. The molecule has 1 aromatic heterocycles. The molecule has 2 rings (SSSR count). The highest BCUT2D eigenvalue weighted by Crippen LogP contribution is 2.04. The predicted molar refractivity (Wildman–Crippen MR) is 75.5 cm³/mol. The molecule has 0 radical (unpaired) electrons.